The van der Waals surface area contributed by atoms with E-state index < -0.39 is 0 Å². The van der Waals surface area contributed by atoms with Crippen molar-refractivity contribution in [1.82, 2.24) is 14.7 Å². The molecular formula is C18H26N4. The number of nitrogens with one attached hydrogen (secondary N) is 1. The van der Waals surface area contributed by atoms with Gasteiger partial charge in [0.05, 0.1) is 5.69 Å². The second-order valence-electron chi connectivity index (χ2n) is 6.12. The van der Waals surface area contributed by atoms with E-state index in [1.165, 1.54) is 48.4 Å². The third-order valence-electron chi connectivity index (χ3n) is 4.41. The number of hydrogen-bond acceptors (Lipinski definition) is 3. The Morgan fingerprint density at radius 2 is 1.91 bits per heavy atom. The molecule has 0 radical (unpaired) electrons. The monoisotopic (exact) mass is 298 g/mol. The molecule has 0 spiro atoms. The second kappa shape index (κ2) is 6.97. The summed E-state index contributed by atoms with van der Waals surface area (Å²) in [6, 6.07) is 8.68. The Morgan fingerprint density at radius 1 is 1.14 bits per heavy atom. The Labute approximate surface area is 133 Å². The third kappa shape index (κ3) is 3.50. The minimum atomic E-state index is 0.841. The molecule has 2 aromatic rings. The molecule has 118 valence electrons. The van der Waals surface area contributed by atoms with Crippen molar-refractivity contribution in [2.45, 2.75) is 39.3 Å². The molecule has 4 nitrogen and oxygen atoms in total. The Bertz CT molecular complexity index is 611. The highest BCUT2D eigenvalue weighted by Crippen LogP contribution is 2.21. The van der Waals surface area contributed by atoms with Crippen molar-refractivity contribution in [2.24, 2.45) is 7.05 Å². The maximum absolute atomic E-state index is 4.52. The lowest BCUT2D eigenvalue weighted by Gasteiger charge is -2.18. The molecule has 1 aliphatic rings. The van der Waals surface area contributed by atoms with Crippen LogP contribution in [0.25, 0.3) is 0 Å². The molecule has 1 aromatic carbocycles. The van der Waals surface area contributed by atoms with Gasteiger partial charge >= 0.3 is 0 Å². The summed E-state index contributed by atoms with van der Waals surface area (Å²) in [6.45, 7) is 6.52. The van der Waals surface area contributed by atoms with Gasteiger partial charge in [-0.15, -0.1) is 0 Å². The summed E-state index contributed by atoms with van der Waals surface area (Å²) in [7, 11) is 1.99. The van der Waals surface area contributed by atoms with Gasteiger partial charge in [0.2, 0.25) is 0 Å². The van der Waals surface area contributed by atoms with Gasteiger partial charge in [-0.2, -0.15) is 5.10 Å². The van der Waals surface area contributed by atoms with Crippen molar-refractivity contribution < 1.29 is 0 Å². The molecule has 1 N–H and O–H groups in total. The molecule has 0 amide bonds. The minimum Gasteiger partial charge on any atom is -0.381 e. The smallest absolute Gasteiger partial charge is 0.0671 e. The summed E-state index contributed by atoms with van der Waals surface area (Å²) >= 11 is 0. The number of aryl methyl sites for hydroxylation is 2. The summed E-state index contributed by atoms with van der Waals surface area (Å²) in [6.07, 6.45) is 5.78. The van der Waals surface area contributed by atoms with E-state index >= 15 is 0 Å². The van der Waals surface area contributed by atoms with Crippen LogP contribution in [0.4, 0.5) is 5.69 Å². The first-order valence-corrected chi connectivity index (χ1v) is 8.32. The van der Waals surface area contributed by atoms with Crippen LogP contribution >= 0.6 is 0 Å². The largest absolute Gasteiger partial charge is 0.381 e. The van der Waals surface area contributed by atoms with E-state index in [1.54, 1.807) is 0 Å². The van der Waals surface area contributed by atoms with Crippen LogP contribution in [-0.4, -0.2) is 27.8 Å². The summed E-state index contributed by atoms with van der Waals surface area (Å²) in [5, 5.41) is 8.13. The average Bonchev–Trinajstić information content (AvgIpc) is 3.15. The molecule has 0 saturated carbocycles. The first-order chi connectivity index (χ1) is 10.8. The van der Waals surface area contributed by atoms with E-state index in [-0.39, 0.29) is 0 Å². The SMILES string of the molecule is CCc1nn(C)cc1CNc1ccccc1CN1CCCC1. The van der Waals surface area contributed by atoms with Gasteiger partial charge in [-0.1, -0.05) is 25.1 Å². The number of likely N-dealkylation sites (tertiary alicyclic amines) is 1. The molecule has 3 rings (SSSR count). The van der Waals surface area contributed by atoms with Crippen LogP contribution in [0.5, 0.6) is 0 Å². The van der Waals surface area contributed by atoms with E-state index in [4.69, 9.17) is 0 Å². The van der Waals surface area contributed by atoms with Gasteiger partial charge < -0.3 is 5.32 Å². The average molecular weight is 298 g/mol. The predicted molar refractivity (Wildman–Crippen MR) is 90.9 cm³/mol. The molecule has 22 heavy (non-hydrogen) atoms. The summed E-state index contributed by atoms with van der Waals surface area (Å²) in [4.78, 5) is 2.54. The Kier molecular flexibility index (Phi) is 4.78. The number of benzene rings is 1. The maximum Gasteiger partial charge on any atom is 0.0671 e. The van der Waals surface area contributed by atoms with Gasteiger partial charge in [0.15, 0.2) is 0 Å². The Morgan fingerprint density at radius 3 is 2.68 bits per heavy atom. The second-order valence-corrected chi connectivity index (χ2v) is 6.12. The quantitative estimate of drug-likeness (QED) is 0.889. The van der Waals surface area contributed by atoms with Gasteiger partial charge in [-0.25, -0.2) is 0 Å². The molecule has 0 aliphatic carbocycles. The lowest BCUT2D eigenvalue weighted by Crippen LogP contribution is -2.19. The van der Waals surface area contributed by atoms with Gasteiger partial charge in [-0.3, -0.25) is 9.58 Å². The minimum absolute atomic E-state index is 0.841. The molecule has 0 bridgehead atoms. The maximum atomic E-state index is 4.52. The number of rotatable bonds is 6. The summed E-state index contributed by atoms with van der Waals surface area (Å²) < 4.78 is 1.91. The number of aromatic nitrogens is 2. The molecule has 2 heterocycles. The fraction of sp³-hybridized carbons (Fsp3) is 0.500. The van der Waals surface area contributed by atoms with Crippen molar-refractivity contribution >= 4 is 5.69 Å². The first kappa shape index (κ1) is 15.1. The van der Waals surface area contributed by atoms with Gasteiger partial charge in [-0.05, 0) is 44.0 Å². The molecule has 0 atom stereocenters. The van der Waals surface area contributed by atoms with Crippen LogP contribution in [0.1, 0.15) is 36.6 Å². The summed E-state index contributed by atoms with van der Waals surface area (Å²) in [5.74, 6) is 0. The van der Waals surface area contributed by atoms with Crippen LogP contribution in [0.3, 0.4) is 0 Å². The first-order valence-electron chi connectivity index (χ1n) is 8.32. The highest BCUT2D eigenvalue weighted by atomic mass is 15.3. The molecule has 1 aromatic heterocycles. The standard InChI is InChI=1S/C18H26N4/c1-3-17-16(13-21(2)20-17)12-19-18-9-5-4-8-15(18)14-22-10-6-7-11-22/h4-5,8-9,13,19H,3,6-7,10-12,14H2,1-2H3. The van der Waals surface area contributed by atoms with Crippen LogP contribution in [-0.2, 0) is 26.6 Å². The number of nitrogens with zero attached hydrogens (tertiary/aromatic N) is 3. The van der Waals surface area contributed by atoms with E-state index in [2.05, 4.69) is 52.7 Å². The van der Waals surface area contributed by atoms with E-state index in [0.717, 1.165) is 19.5 Å². The fourth-order valence-electron chi connectivity index (χ4n) is 3.23. The van der Waals surface area contributed by atoms with Crippen molar-refractivity contribution in [3.05, 3.63) is 47.3 Å². The lowest BCUT2D eigenvalue weighted by atomic mass is 10.1. The zero-order valence-electron chi connectivity index (χ0n) is 13.7. The molecule has 1 aliphatic heterocycles. The Balaban J connectivity index is 1.69. The normalized spacial score (nSPS) is 15.4. The topological polar surface area (TPSA) is 33.1 Å². The number of para-hydroxylation sites is 1. The van der Waals surface area contributed by atoms with Crippen LogP contribution in [0.15, 0.2) is 30.5 Å². The van der Waals surface area contributed by atoms with E-state index in [1.807, 2.05) is 11.7 Å². The lowest BCUT2D eigenvalue weighted by molar-refractivity contribution is 0.332. The van der Waals surface area contributed by atoms with Gasteiger partial charge in [0.1, 0.15) is 0 Å². The van der Waals surface area contributed by atoms with Crippen LogP contribution < -0.4 is 5.32 Å². The Hall–Kier alpha value is -1.81. The highest BCUT2D eigenvalue weighted by Gasteiger charge is 2.14. The molecular weight excluding hydrogens is 272 g/mol. The van der Waals surface area contributed by atoms with Crippen molar-refractivity contribution in [3.8, 4) is 0 Å². The molecule has 4 heteroatoms. The van der Waals surface area contributed by atoms with Gasteiger partial charge in [0.25, 0.3) is 0 Å². The molecule has 0 unspecified atom stereocenters. The molecule has 1 fully saturated rings. The predicted octanol–water partition coefficient (Wildman–Crippen LogP) is 3.19. The zero-order valence-corrected chi connectivity index (χ0v) is 13.7. The number of hydrogen-bond donors (Lipinski definition) is 1. The zero-order chi connectivity index (χ0) is 15.4. The van der Waals surface area contributed by atoms with E-state index in [9.17, 15) is 0 Å². The van der Waals surface area contributed by atoms with Crippen molar-refractivity contribution in [1.29, 1.82) is 0 Å². The number of anilines is 1. The third-order valence-corrected chi connectivity index (χ3v) is 4.41. The highest BCUT2D eigenvalue weighted by molar-refractivity contribution is 5.51. The van der Waals surface area contributed by atoms with Crippen LogP contribution in [0, 0.1) is 0 Å². The summed E-state index contributed by atoms with van der Waals surface area (Å²) in [5.41, 5.74) is 5.12. The fourth-order valence-corrected chi connectivity index (χ4v) is 3.23. The van der Waals surface area contributed by atoms with Crippen molar-refractivity contribution in [3.63, 3.8) is 0 Å². The van der Waals surface area contributed by atoms with E-state index in [0.29, 0.717) is 0 Å². The van der Waals surface area contributed by atoms with Crippen LogP contribution in [0.2, 0.25) is 0 Å². The molecule has 1 saturated heterocycles. The van der Waals surface area contributed by atoms with Gasteiger partial charge in [0, 0.05) is 37.6 Å². The van der Waals surface area contributed by atoms with Crippen molar-refractivity contribution in [2.75, 3.05) is 18.4 Å².